The molecule has 94 valence electrons. The zero-order valence-electron chi connectivity index (χ0n) is 10.2. The maximum atomic E-state index is 3.45. The lowest BCUT2D eigenvalue weighted by molar-refractivity contribution is 0.319. The SMILES string of the molecule is CN(Cc1ccc(Br)cc1)Cc1ccc(Br)cc1. The maximum Gasteiger partial charge on any atom is 0.0234 e. The molecule has 0 saturated heterocycles. The number of rotatable bonds is 4. The molecule has 1 nitrogen and oxygen atoms in total. The Labute approximate surface area is 125 Å². The molecule has 0 spiro atoms. The molecule has 0 aliphatic heterocycles. The van der Waals surface area contributed by atoms with Gasteiger partial charge in [0, 0.05) is 22.0 Å². The second-order valence-electron chi connectivity index (χ2n) is 4.43. The third kappa shape index (κ3) is 4.23. The Hall–Kier alpha value is -0.640. The van der Waals surface area contributed by atoms with E-state index in [2.05, 4.69) is 92.3 Å². The fourth-order valence-electron chi connectivity index (χ4n) is 1.86. The average molecular weight is 369 g/mol. The van der Waals surface area contributed by atoms with Crippen molar-refractivity contribution in [1.29, 1.82) is 0 Å². The van der Waals surface area contributed by atoms with Crippen molar-refractivity contribution in [3.63, 3.8) is 0 Å². The van der Waals surface area contributed by atoms with Gasteiger partial charge in [0.25, 0.3) is 0 Å². The first-order chi connectivity index (χ1) is 8.63. The lowest BCUT2D eigenvalue weighted by atomic mass is 10.2. The van der Waals surface area contributed by atoms with Crippen molar-refractivity contribution in [2.24, 2.45) is 0 Å². The van der Waals surface area contributed by atoms with E-state index in [9.17, 15) is 0 Å². The van der Waals surface area contributed by atoms with Crippen molar-refractivity contribution < 1.29 is 0 Å². The van der Waals surface area contributed by atoms with Gasteiger partial charge in [-0.1, -0.05) is 56.1 Å². The van der Waals surface area contributed by atoms with E-state index in [1.54, 1.807) is 0 Å². The smallest absolute Gasteiger partial charge is 0.0234 e. The van der Waals surface area contributed by atoms with E-state index in [0.29, 0.717) is 0 Å². The lowest BCUT2D eigenvalue weighted by Gasteiger charge is -2.17. The highest BCUT2D eigenvalue weighted by Gasteiger charge is 2.02. The predicted molar refractivity (Wildman–Crippen MR) is 83.5 cm³/mol. The van der Waals surface area contributed by atoms with E-state index in [1.807, 2.05) is 0 Å². The van der Waals surface area contributed by atoms with E-state index in [1.165, 1.54) is 11.1 Å². The highest BCUT2D eigenvalue weighted by Crippen LogP contribution is 2.14. The fourth-order valence-corrected chi connectivity index (χ4v) is 2.39. The zero-order chi connectivity index (χ0) is 13.0. The molecule has 0 aromatic heterocycles. The zero-order valence-corrected chi connectivity index (χ0v) is 13.4. The van der Waals surface area contributed by atoms with Crippen molar-refractivity contribution in [1.82, 2.24) is 4.90 Å². The minimum Gasteiger partial charge on any atom is -0.298 e. The summed E-state index contributed by atoms with van der Waals surface area (Å²) in [6, 6.07) is 17.0. The fraction of sp³-hybridized carbons (Fsp3) is 0.200. The molecule has 3 heteroatoms. The van der Waals surface area contributed by atoms with Crippen LogP contribution < -0.4 is 0 Å². The van der Waals surface area contributed by atoms with Gasteiger partial charge in [0.2, 0.25) is 0 Å². The molecule has 0 saturated carbocycles. The van der Waals surface area contributed by atoms with Gasteiger partial charge in [-0.15, -0.1) is 0 Å². The van der Waals surface area contributed by atoms with Crippen molar-refractivity contribution in [2.45, 2.75) is 13.1 Å². The van der Waals surface area contributed by atoms with Crippen LogP contribution in [-0.4, -0.2) is 11.9 Å². The molecule has 0 aliphatic carbocycles. The van der Waals surface area contributed by atoms with Crippen LogP contribution in [0.3, 0.4) is 0 Å². The van der Waals surface area contributed by atoms with Crippen molar-refractivity contribution >= 4 is 31.9 Å². The van der Waals surface area contributed by atoms with Crippen molar-refractivity contribution in [3.05, 3.63) is 68.6 Å². The van der Waals surface area contributed by atoms with Gasteiger partial charge in [-0.2, -0.15) is 0 Å². The van der Waals surface area contributed by atoms with Crippen LogP contribution in [-0.2, 0) is 13.1 Å². The summed E-state index contributed by atoms with van der Waals surface area (Å²) in [4.78, 5) is 2.31. The van der Waals surface area contributed by atoms with Gasteiger partial charge in [-0.25, -0.2) is 0 Å². The molecule has 2 aromatic carbocycles. The topological polar surface area (TPSA) is 3.24 Å². The van der Waals surface area contributed by atoms with Crippen LogP contribution in [0.25, 0.3) is 0 Å². The molecule has 0 unspecified atom stereocenters. The average Bonchev–Trinajstić information content (AvgIpc) is 2.35. The molecule has 0 bridgehead atoms. The summed E-state index contributed by atoms with van der Waals surface area (Å²) in [6.07, 6.45) is 0. The molecular weight excluding hydrogens is 354 g/mol. The minimum absolute atomic E-state index is 0.962. The second kappa shape index (κ2) is 6.50. The van der Waals surface area contributed by atoms with E-state index >= 15 is 0 Å². The molecule has 0 N–H and O–H groups in total. The number of halogens is 2. The Morgan fingerprint density at radius 3 is 1.39 bits per heavy atom. The Bertz CT molecular complexity index is 443. The van der Waals surface area contributed by atoms with Gasteiger partial charge < -0.3 is 0 Å². The summed E-state index contributed by atoms with van der Waals surface area (Å²) in [7, 11) is 2.14. The van der Waals surface area contributed by atoms with Gasteiger partial charge in [0.05, 0.1) is 0 Å². The molecule has 0 aliphatic rings. The van der Waals surface area contributed by atoms with Gasteiger partial charge in [0.1, 0.15) is 0 Å². The van der Waals surface area contributed by atoms with E-state index in [-0.39, 0.29) is 0 Å². The third-order valence-electron chi connectivity index (χ3n) is 2.73. The first kappa shape index (κ1) is 13.8. The summed E-state index contributed by atoms with van der Waals surface area (Å²) in [5.74, 6) is 0. The highest BCUT2D eigenvalue weighted by atomic mass is 79.9. The summed E-state index contributed by atoms with van der Waals surface area (Å²) in [5.41, 5.74) is 2.66. The standard InChI is InChI=1S/C15H15Br2N/c1-18(10-12-2-6-14(16)7-3-12)11-13-4-8-15(17)9-5-13/h2-9H,10-11H2,1H3. The molecule has 0 heterocycles. The quantitative estimate of drug-likeness (QED) is 0.745. The number of hydrogen-bond acceptors (Lipinski definition) is 1. The lowest BCUT2D eigenvalue weighted by Crippen LogP contribution is -2.17. The van der Waals surface area contributed by atoms with E-state index < -0.39 is 0 Å². The monoisotopic (exact) mass is 367 g/mol. The number of hydrogen-bond donors (Lipinski definition) is 0. The minimum atomic E-state index is 0.962. The summed E-state index contributed by atoms with van der Waals surface area (Å²) in [5, 5.41) is 0. The molecule has 0 amide bonds. The molecule has 2 aromatic rings. The normalized spacial score (nSPS) is 10.9. The van der Waals surface area contributed by atoms with Gasteiger partial charge in [0.15, 0.2) is 0 Å². The summed E-state index contributed by atoms with van der Waals surface area (Å²) < 4.78 is 2.25. The number of benzene rings is 2. The number of nitrogens with zero attached hydrogens (tertiary/aromatic N) is 1. The molecule has 18 heavy (non-hydrogen) atoms. The first-order valence-corrected chi connectivity index (χ1v) is 7.39. The molecular formula is C15H15Br2N. The van der Waals surface area contributed by atoms with Crippen LogP contribution >= 0.6 is 31.9 Å². The van der Waals surface area contributed by atoms with E-state index in [0.717, 1.165) is 22.0 Å². The van der Waals surface area contributed by atoms with Crippen molar-refractivity contribution in [3.8, 4) is 0 Å². The van der Waals surface area contributed by atoms with Crippen LogP contribution in [0.4, 0.5) is 0 Å². The van der Waals surface area contributed by atoms with Gasteiger partial charge >= 0.3 is 0 Å². The highest BCUT2D eigenvalue weighted by molar-refractivity contribution is 9.10. The Morgan fingerprint density at radius 1 is 0.722 bits per heavy atom. The van der Waals surface area contributed by atoms with Gasteiger partial charge in [-0.3, -0.25) is 4.90 Å². The Balaban J connectivity index is 1.94. The van der Waals surface area contributed by atoms with Crippen LogP contribution in [0.1, 0.15) is 11.1 Å². The molecule has 2 rings (SSSR count). The summed E-state index contributed by atoms with van der Waals surface area (Å²) >= 11 is 6.91. The second-order valence-corrected chi connectivity index (χ2v) is 6.26. The molecule has 0 fully saturated rings. The van der Waals surface area contributed by atoms with Crippen LogP contribution in [0.5, 0.6) is 0 Å². The summed E-state index contributed by atoms with van der Waals surface area (Å²) in [6.45, 7) is 1.92. The van der Waals surface area contributed by atoms with Crippen LogP contribution in [0, 0.1) is 0 Å². The van der Waals surface area contributed by atoms with Crippen LogP contribution in [0.15, 0.2) is 57.5 Å². The largest absolute Gasteiger partial charge is 0.298 e. The Kier molecular flexibility index (Phi) is 4.98. The predicted octanol–water partition coefficient (Wildman–Crippen LogP) is 4.84. The van der Waals surface area contributed by atoms with E-state index in [4.69, 9.17) is 0 Å². The van der Waals surface area contributed by atoms with Crippen molar-refractivity contribution in [2.75, 3.05) is 7.05 Å². The van der Waals surface area contributed by atoms with Gasteiger partial charge in [-0.05, 0) is 42.4 Å². The maximum absolute atomic E-state index is 3.45. The molecule has 0 radical (unpaired) electrons. The third-order valence-corrected chi connectivity index (χ3v) is 3.79. The molecule has 0 atom stereocenters. The Morgan fingerprint density at radius 2 is 1.06 bits per heavy atom. The van der Waals surface area contributed by atoms with Crippen LogP contribution in [0.2, 0.25) is 0 Å². The first-order valence-electron chi connectivity index (χ1n) is 5.81.